The van der Waals surface area contributed by atoms with Crippen LogP contribution >= 0.6 is 11.6 Å². The van der Waals surface area contributed by atoms with E-state index < -0.39 is 0 Å². The maximum Gasteiger partial charge on any atom is 0.165 e. The van der Waals surface area contributed by atoms with E-state index in [1.165, 1.54) is 0 Å². The molecule has 0 amide bonds. The van der Waals surface area contributed by atoms with Crippen LogP contribution in [-0.4, -0.2) is 5.78 Å². The lowest BCUT2D eigenvalue weighted by molar-refractivity contribution is 0.0900. The van der Waals surface area contributed by atoms with Crippen molar-refractivity contribution in [3.8, 4) is 0 Å². The van der Waals surface area contributed by atoms with Gasteiger partial charge in [-0.3, -0.25) is 4.79 Å². The maximum atomic E-state index is 11.9. The first kappa shape index (κ1) is 11.3. The standard InChI is InChI=1S/C12H15ClO/c1-8(2)9(3)12(14)10-4-6-11(13)7-5-10/h4-9H,1-3H3. The Hall–Kier alpha value is -0.820. The normalized spacial score (nSPS) is 12.9. The van der Waals surface area contributed by atoms with Crippen molar-refractivity contribution in [3.05, 3.63) is 34.9 Å². The summed E-state index contributed by atoms with van der Waals surface area (Å²) in [5, 5.41) is 0.666. The molecule has 0 aromatic heterocycles. The van der Waals surface area contributed by atoms with Gasteiger partial charge in [0.25, 0.3) is 0 Å². The van der Waals surface area contributed by atoms with Crippen molar-refractivity contribution in [2.24, 2.45) is 11.8 Å². The predicted molar refractivity (Wildman–Crippen MR) is 59.8 cm³/mol. The van der Waals surface area contributed by atoms with E-state index in [1.807, 2.05) is 6.92 Å². The number of benzene rings is 1. The zero-order chi connectivity index (χ0) is 10.7. The van der Waals surface area contributed by atoms with Crippen LogP contribution in [0, 0.1) is 11.8 Å². The molecule has 0 spiro atoms. The molecule has 14 heavy (non-hydrogen) atoms. The Morgan fingerprint density at radius 2 is 1.64 bits per heavy atom. The van der Waals surface area contributed by atoms with Crippen molar-refractivity contribution in [1.29, 1.82) is 0 Å². The van der Waals surface area contributed by atoms with Gasteiger partial charge in [0.05, 0.1) is 0 Å². The number of ketones is 1. The van der Waals surface area contributed by atoms with Gasteiger partial charge in [0.2, 0.25) is 0 Å². The molecule has 1 unspecified atom stereocenters. The van der Waals surface area contributed by atoms with Gasteiger partial charge in [0.15, 0.2) is 5.78 Å². The van der Waals surface area contributed by atoms with E-state index in [0.29, 0.717) is 10.9 Å². The molecule has 0 radical (unpaired) electrons. The maximum absolute atomic E-state index is 11.9. The SMILES string of the molecule is CC(C)C(C)C(=O)c1ccc(Cl)cc1. The Kier molecular flexibility index (Phi) is 3.70. The highest BCUT2D eigenvalue weighted by Gasteiger charge is 2.17. The van der Waals surface area contributed by atoms with Crippen LogP contribution in [0.1, 0.15) is 31.1 Å². The van der Waals surface area contributed by atoms with Crippen LogP contribution < -0.4 is 0 Å². The lowest BCUT2D eigenvalue weighted by Crippen LogP contribution is -2.16. The fraction of sp³-hybridized carbons (Fsp3) is 0.417. The van der Waals surface area contributed by atoms with Crippen molar-refractivity contribution in [2.75, 3.05) is 0 Å². The average Bonchev–Trinajstić information content (AvgIpc) is 2.16. The number of carbonyl (C=O) groups is 1. The highest BCUT2D eigenvalue weighted by molar-refractivity contribution is 6.30. The molecule has 0 aliphatic rings. The first-order valence-corrected chi connectivity index (χ1v) is 5.20. The highest BCUT2D eigenvalue weighted by Crippen LogP contribution is 2.18. The third-order valence-electron chi connectivity index (χ3n) is 2.54. The third kappa shape index (κ3) is 2.58. The van der Waals surface area contributed by atoms with Crippen LogP contribution in [-0.2, 0) is 0 Å². The summed E-state index contributed by atoms with van der Waals surface area (Å²) in [5.74, 6) is 0.631. The molecule has 1 atom stereocenters. The van der Waals surface area contributed by atoms with Gasteiger partial charge in [-0.05, 0) is 30.2 Å². The molecule has 0 saturated carbocycles. The molecular weight excluding hydrogens is 196 g/mol. The van der Waals surface area contributed by atoms with E-state index in [2.05, 4.69) is 13.8 Å². The van der Waals surface area contributed by atoms with Gasteiger partial charge in [0.1, 0.15) is 0 Å². The van der Waals surface area contributed by atoms with Crippen LogP contribution in [0.4, 0.5) is 0 Å². The van der Waals surface area contributed by atoms with Crippen LogP contribution in [0.25, 0.3) is 0 Å². The molecule has 0 aliphatic carbocycles. The second kappa shape index (κ2) is 4.61. The minimum absolute atomic E-state index is 0.0659. The summed E-state index contributed by atoms with van der Waals surface area (Å²) in [7, 11) is 0. The van der Waals surface area contributed by atoms with E-state index in [1.54, 1.807) is 24.3 Å². The number of carbonyl (C=O) groups excluding carboxylic acids is 1. The Bertz CT molecular complexity index is 314. The summed E-state index contributed by atoms with van der Waals surface area (Å²) in [4.78, 5) is 11.9. The molecular formula is C12H15ClO. The van der Waals surface area contributed by atoms with Crippen molar-refractivity contribution in [1.82, 2.24) is 0 Å². The summed E-state index contributed by atoms with van der Waals surface area (Å²) in [6, 6.07) is 7.07. The zero-order valence-corrected chi connectivity index (χ0v) is 9.51. The van der Waals surface area contributed by atoms with Gasteiger partial charge in [-0.15, -0.1) is 0 Å². The summed E-state index contributed by atoms with van der Waals surface area (Å²) >= 11 is 5.75. The Balaban J connectivity index is 2.84. The second-order valence-corrected chi connectivity index (χ2v) is 4.34. The minimum Gasteiger partial charge on any atom is -0.294 e. The lowest BCUT2D eigenvalue weighted by atomic mass is 9.90. The van der Waals surface area contributed by atoms with Gasteiger partial charge < -0.3 is 0 Å². The van der Waals surface area contributed by atoms with Crippen LogP contribution in [0.5, 0.6) is 0 Å². The summed E-state index contributed by atoms with van der Waals surface area (Å²) in [5.41, 5.74) is 0.746. The summed E-state index contributed by atoms with van der Waals surface area (Å²) in [6.45, 7) is 6.07. The number of Topliss-reactive ketones (excluding diaryl/α,β-unsaturated/α-hetero) is 1. The number of hydrogen-bond acceptors (Lipinski definition) is 1. The molecule has 0 fully saturated rings. The van der Waals surface area contributed by atoms with Gasteiger partial charge in [-0.2, -0.15) is 0 Å². The van der Waals surface area contributed by atoms with Crippen molar-refractivity contribution in [2.45, 2.75) is 20.8 Å². The van der Waals surface area contributed by atoms with Crippen LogP contribution in [0.15, 0.2) is 24.3 Å². The molecule has 0 aliphatic heterocycles. The van der Waals surface area contributed by atoms with Crippen LogP contribution in [0.2, 0.25) is 5.02 Å². The average molecular weight is 211 g/mol. The quantitative estimate of drug-likeness (QED) is 0.694. The van der Waals surface area contributed by atoms with E-state index in [-0.39, 0.29) is 11.7 Å². The molecule has 76 valence electrons. The fourth-order valence-electron chi connectivity index (χ4n) is 1.18. The Labute approximate surface area is 90.1 Å². The molecule has 1 aromatic rings. The molecule has 0 N–H and O–H groups in total. The van der Waals surface area contributed by atoms with Crippen molar-refractivity contribution in [3.63, 3.8) is 0 Å². The summed E-state index contributed by atoms with van der Waals surface area (Å²) in [6.07, 6.45) is 0. The zero-order valence-electron chi connectivity index (χ0n) is 8.75. The molecule has 0 bridgehead atoms. The van der Waals surface area contributed by atoms with Crippen LogP contribution in [0.3, 0.4) is 0 Å². The van der Waals surface area contributed by atoms with E-state index >= 15 is 0 Å². The lowest BCUT2D eigenvalue weighted by Gasteiger charge is -2.13. The Morgan fingerprint density at radius 1 is 1.14 bits per heavy atom. The second-order valence-electron chi connectivity index (χ2n) is 3.90. The van der Waals surface area contributed by atoms with E-state index in [9.17, 15) is 4.79 Å². The third-order valence-corrected chi connectivity index (χ3v) is 2.79. The molecule has 1 rings (SSSR count). The summed E-state index contributed by atoms with van der Waals surface area (Å²) < 4.78 is 0. The van der Waals surface area contributed by atoms with Gasteiger partial charge in [-0.25, -0.2) is 0 Å². The number of halogens is 1. The largest absolute Gasteiger partial charge is 0.294 e. The first-order chi connectivity index (χ1) is 6.52. The number of hydrogen-bond donors (Lipinski definition) is 0. The monoisotopic (exact) mass is 210 g/mol. The highest BCUT2D eigenvalue weighted by atomic mass is 35.5. The smallest absolute Gasteiger partial charge is 0.165 e. The molecule has 1 aromatic carbocycles. The molecule has 0 heterocycles. The number of rotatable bonds is 3. The predicted octanol–water partition coefficient (Wildman–Crippen LogP) is 3.81. The van der Waals surface area contributed by atoms with E-state index in [0.717, 1.165) is 5.56 Å². The minimum atomic E-state index is 0.0659. The fourth-order valence-corrected chi connectivity index (χ4v) is 1.31. The van der Waals surface area contributed by atoms with E-state index in [4.69, 9.17) is 11.6 Å². The molecule has 1 nitrogen and oxygen atoms in total. The topological polar surface area (TPSA) is 17.1 Å². The van der Waals surface area contributed by atoms with Gasteiger partial charge >= 0.3 is 0 Å². The first-order valence-electron chi connectivity index (χ1n) is 4.82. The van der Waals surface area contributed by atoms with Crippen molar-refractivity contribution >= 4 is 17.4 Å². The Morgan fingerprint density at radius 3 is 2.07 bits per heavy atom. The van der Waals surface area contributed by atoms with Gasteiger partial charge in [-0.1, -0.05) is 32.4 Å². The van der Waals surface area contributed by atoms with Gasteiger partial charge in [0, 0.05) is 16.5 Å². The molecule has 0 saturated heterocycles. The van der Waals surface area contributed by atoms with Crippen molar-refractivity contribution < 1.29 is 4.79 Å². The molecule has 2 heteroatoms.